The highest BCUT2D eigenvalue weighted by Crippen LogP contribution is 2.55. The van der Waals surface area contributed by atoms with Crippen molar-refractivity contribution in [2.45, 2.75) is 44.7 Å². The van der Waals surface area contributed by atoms with E-state index in [0.29, 0.717) is 18.5 Å². The molecule has 0 N–H and O–H groups in total. The van der Waals surface area contributed by atoms with Gasteiger partial charge in [-0.05, 0) is 61.6 Å². The minimum atomic E-state index is -0.215. The first-order chi connectivity index (χ1) is 9.70. The fourth-order valence-corrected chi connectivity index (χ4v) is 3.76. The molecule has 3 heteroatoms. The number of nitrogens with zero attached hydrogens (tertiary/aromatic N) is 1. The zero-order valence-corrected chi connectivity index (χ0v) is 11.6. The van der Waals surface area contributed by atoms with Crippen molar-refractivity contribution in [3.05, 3.63) is 35.6 Å². The van der Waals surface area contributed by atoms with Gasteiger partial charge in [0, 0.05) is 18.5 Å². The molecular weight excluding hydrogens is 253 g/mol. The Morgan fingerprint density at radius 3 is 2.60 bits per heavy atom. The van der Waals surface area contributed by atoms with E-state index >= 15 is 0 Å². The van der Waals surface area contributed by atoms with Gasteiger partial charge in [-0.15, -0.1) is 0 Å². The molecule has 0 radical (unpaired) electrons. The summed E-state index contributed by atoms with van der Waals surface area (Å²) in [5.74, 6) is 2.02. The summed E-state index contributed by atoms with van der Waals surface area (Å²) in [5, 5.41) is 0. The SMILES string of the molecule is O=C(C1CC2CC2C1)N(Cc1cccc(F)c1)C1CC1. The van der Waals surface area contributed by atoms with Crippen LogP contribution in [-0.2, 0) is 11.3 Å². The molecule has 3 aliphatic rings. The van der Waals surface area contributed by atoms with Crippen LogP contribution < -0.4 is 0 Å². The maximum atomic E-state index is 13.3. The van der Waals surface area contributed by atoms with Gasteiger partial charge in [0.2, 0.25) is 5.91 Å². The lowest BCUT2D eigenvalue weighted by Crippen LogP contribution is -2.37. The largest absolute Gasteiger partial charge is 0.335 e. The number of carbonyl (C=O) groups is 1. The Morgan fingerprint density at radius 1 is 1.20 bits per heavy atom. The molecule has 20 heavy (non-hydrogen) atoms. The molecule has 2 nitrogen and oxygen atoms in total. The van der Waals surface area contributed by atoms with Gasteiger partial charge in [-0.3, -0.25) is 4.79 Å². The molecule has 2 unspecified atom stereocenters. The quantitative estimate of drug-likeness (QED) is 0.823. The maximum absolute atomic E-state index is 13.3. The van der Waals surface area contributed by atoms with E-state index in [1.54, 1.807) is 12.1 Å². The third-order valence-corrected chi connectivity index (χ3v) is 5.11. The molecule has 0 aromatic heterocycles. The van der Waals surface area contributed by atoms with Crippen molar-refractivity contribution in [3.63, 3.8) is 0 Å². The molecule has 0 saturated heterocycles. The smallest absolute Gasteiger partial charge is 0.226 e. The van der Waals surface area contributed by atoms with E-state index in [-0.39, 0.29) is 11.7 Å². The second-order valence-corrected chi connectivity index (χ2v) is 6.75. The first-order valence-electron chi connectivity index (χ1n) is 7.75. The zero-order chi connectivity index (χ0) is 13.7. The fraction of sp³-hybridized carbons (Fsp3) is 0.588. The lowest BCUT2D eigenvalue weighted by molar-refractivity contribution is -0.137. The van der Waals surface area contributed by atoms with Crippen molar-refractivity contribution in [1.82, 2.24) is 4.90 Å². The summed E-state index contributed by atoms with van der Waals surface area (Å²) in [7, 11) is 0. The van der Waals surface area contributed by atoms with Gasteiger partial charge in [0.25, 0.3) is 0 Å². The van der Waals surface area contributed by atoms with Crippen molar-refractivity contribution in [1.29, 1.82) is 0 Å². The van der Waals surface area contributed by atoms with Gasteiger partial charge in [0.15, 0.2) is 0 Å². The summed E-state index contributed by atoms with van der Waals surface area (Å²) in [6.45, 7) is 0.576. The summed E-state index contributed by atoms with van der Waals surface area (Å²) in [4.78, 5) is 14.7. The number of amides is 1. The van der Waals surface area contributed by atoms with Crippen LogP contribution in [0.5, 0.6) is 0 Å². The van der Waals surface area contributed by atoms with Gasteiger partial charge in [-0.2, -0.15) is 0 Å². The molecule has 0 bridgehead atoms. The van der Waals surface area contributed by atoms with Crippen LogP contribution in [0.3, 0.4) is 0 Å². The Morgan fingerprint density at radius 2 is 1.95 bits per heavy atom. The number of rotatable bonds is 4. The minimum absolute atomic E-state index is 0.215. The van der Waals surface area contributed by atoms with E-state index in [2.05, 4.69) is 0 Å². The fourth-order valence-electron chi connectivity index (χ4n) is 3.76. The van der Waals surface area contributed by atoms with Crippen LogP contribution in [0.25, 0.3) is 0 Å². The highest BCUT2D eigenvalue weighted by atomic mass is 19.1. The molecule has 0 spiro atoms. The Labute approximate surface area is 119 Å². The van der Waals surface area contributed by atoms with Gasteiger partial charge in [0.1, 0.15) is 5.82 Å². The van der Waals surface area contributed by atoms with Crippen molar-refractivity contribution in [2.75, 3.05) is 0 Å². The topological polar surface area (TPSA) is 20.3 Å². The zero-order valence-electron chi connectivity index (χ0n) is 11.6. The molecule has 3 saturated carbocycles. The van der Waals surface area contributed by atoms with E-state index in [9.17, 15) is 9.18 Å². The van der Waals surface area contributed by atoms with E-state index in [0.717, 1.165) is 43.1 Å². The van der Waals surface area contributed by atoms with Gasteiger partial charge in [-0.25, -0.2) is 4.39 Å². The van der Waals surface area contributed by atoms with E-state index in [4.69, 9.17) is 0 Å². The molecule has 1 aromatic carbocycles. The van der Waals surface area contributed by atoms with Crippen LogP contribution >= 0.6 is 0 Å². The monoisotopic (exact) mass is 273 g/mol. The van der Waals surface area contributed by atoms with Crippen LogP contribution in [0.4, 0.5) is 4.39 Å². The highest BCUT2D eigenvalue weighted by molar-refractivity contribution is 5.80. The van der Waals surface area contributed by atoms with E-state index in [1.165, 1.54) is 12.5 Å². The van der Waals surface area contributed by atoms with Gasteiger partial charge >= 0.3 is 0 Å². The predicted molar refractivity (Wildman–Crippen MR) is 74.3 cm³/mol. The van der Waals surface area contributed by atoms with Crippen LogP contribution in [0.2, 0.25) is 0 Å². The Balaban J connectivity index is 1.48. The van der Waals surface area contributed by atoms with E-state index in [1.807, 2.05) is 11.0 Å². The number of halogens is 1. The molecule has 0 aliphatic heterocycles. The Bertz CT molecular complexity index is 530. The molecule has 106 valence electrons. The maximum Gasteiger partial charge on any atom is 0.226 e. The second-order valence-electron chi connectivity index (χ2n) is 6.75. The lowest BCUT2D eigenvalue weighted by atomic mass is 10.0. The van der Waals surface area contributed by atoms with Crippen LogP contribution in [0.15, 0.2) is 24.3 Å². The summed E-state index contributed by atoms with van der Waals surface area (Å²) in [6, 6.07) is 7.05. The molecule has 4 rings (SSSR count). The molecule has 3 aliphatic carbocycles. The van der Waals surface area contributed by atoms with Gasteiger partial charge in [-0.1, -0.05) is 12.1 Å². The van der Waals surface area contributed by atoms with Crippen LogP contribution in [-0.4, -0.2) is 16.8 Å². The summed E-state index contributed by atoms with van der Waals surface area (Å²) in [5.41, 5.74) is 0.911. The molecule has 2 atom stereocenters. The van der Waals surface area contributed by atoms with Gasteiger partial charge < -0.3 is 4.90 Å². The second kappa shape index (κ2) is 4.57. The van der Waals surface area contributed by atoms with E-state index < -0.39 is 0 Å². The van der Waals surface area contributed by atoms with Crippen molar-refractivity contribution < 1.29 is 9.18 Å². The number of carbonyl (C=O) groups excluding carboxylic acids is 1. The summed E-state index contributed by atoms with van der Waals surface area (Å²) in [6.07, 6.45) is 5.75. The first-order valence-corrected chi connectivity index (χ1v) is 7.75. The van der Waals surface area contributed by atoms with Crippen LogP contribution in [0, 0.1) is 23.6 Å². The number of hydrogen-bond acceptors (Lipinski definition) is 1. The standard InChI is InChI=1S/C17H20FNO/c18-15-3-1-2-11(6-15)10-19(16-4-5-16)17(20)14-8-12-7-13(12)9-14/h1-3,6,12-14,16H,4-5,7-10H2. The average Bonchev–Trinajstić information content (AvgIpc) is 3.35. The molecule has 3 fully saturated rings. The molecule has 1 amide bonds. The first kappa shape index (κ1) is 12.4. The van der Waals surface area contributed by atoms with Gasteiger partial charge in [0.05, 0.1) is 0 Å². The average molecular weight is 273 g/mol. The highest BCUT2D eigenvalue weighted by Gasteiger charge is 2.49. The molecular formula is C17H20FNO. The molecule has 1 aromatic rings. The Kier molecular flexibility index (Phi) is 2.83. The summed E-state index contributed by atoms with van der Waals surface area (Å²) >= 11 is 0. The van der Waals surface area contributed by atoms with Crippen molar-refractivity contribution in [3.8, 4) is 0 Å². The number of fused-ring (bicyclic) bond motifs is 1. The third kappa shape index (κ3) is 2.34. The predicted octanol–water partition coefficient (Wildman–Crippen LogP) is 3.36. The van der Waals surface area contributed by atoms with Crippen molar-refractivity contribution >= 4 is 5.91 Å². The normalized spacial score (nSPS) is 30.9. The Hall–Kier alpha value is -1.38. The lowest BCUT2D eigenvalue weighted by Gasteiger charge is -2.26. The van der Waals surface area contributed by atoms with Crippen LogP contribution in [0.1, 0.15) is 37.7 Å². The minimum Gasteiger partial charge on any atom is -0.335 e. The number of hydrogen-bond donors (Lipinski definition) is 0. The van der Waals surface area contributed by atoms with Crippen molar-refractivity contribution in [2.24, 2.45) is 17.8 Å². The number of benzene rings is 1. The third-order valence-electron chi connectivity index (χ3n) is 5.11. The molecule has 0 heterocycles. The summed E-state index contributed by atoms with van der Waals surface area (Å²) < 4.78 is 13.3.